The number of carbonyl (C=O) groups is 3. The van der Waals surface area contributed by atoms with Crippen molar-refractivity contribution in [3.63, 3.8) is 0 Å². The van der Waals surface area contributed by atoms with Crippen LogP contribution < -0.4 is 5.73 Å². The van der Waals surface area contributed by atoms with E-state index in [-0.39, 0.29) is 25.2 Å². The van der Waals surface area contributed by atoms with Crippen LogP contribution in [0.15, 0.2) is 0 Å². The van der Waals surface area contributed by atoms with Crippen LogP contribution in [0.3, 0.4) is 0 Å². The van der Waals surface area contributed by atoms with E-state index in [1.807, 2.05) is 0 Å². The summed E-state index contributed by atoms with van der Waals surface area (Å²) in [6, 6.07) is -1.01. The highest BCUT2D eigenvalue weighted by Gasteiger charge is 2.33. The number of esters is 3. The molecule has 2 N–H and O–H groups in total. The van der Waals surface area contributed by atoms with Crippen LogP contribution in [-0.4, -0.2) is 29.6 Å². The van der Waals surface area contributed by atoms with E-state index in [2.05, 4.69) is 27.7 Å². The van der Waals surface area contributed by atoms with E-state index in [1.54, 1.807) is 0 Å². The molecule has 0 aromatic rings. The maximum Gasteiger partial charge on any atom is 0.330 e. The zero-order valence-corrected chi connectivity index (χ0v) is 38.9. The molecule has 0 fully saturated rings. The van der Waals surface area contributed by atoms with Gasteiger partial charge in [-0.3, -0.25) is 9.59 Å². The summed E-state index contributed by atoms with van der Waals surface area (Å²) < 4.78 is 11.6. The molecule has 0 unspecified atom stereocenters. The van der Waals surface area contributed by atoms with Gasteiger partial charge < -0.3 is 15.2 Å². The third-order valence-electron chi connectivity index (χ3n) is 12.2. The van der Waals surface area contributed by atoms with Gasteiger partial charge in [-0.05, 0) is 51.4 Å². The molecular weight excluding hydrogens is 707 g/mol. The van der Waals surface area contributed by atoms with Crippen LogP contribution in [0.2, 0.25) is 0 Å². The Balaban J connectivity index is 4.78. The van der Waals surface area contributed by atoms with Crippen LogP contribution in [-0.2, 0) is 23.9 Å². The van der Waals surface area contributed by atoms with Gasteiger partial charge in [0.15, 0.2) is 0 Å². The van der Waals surface area contributed by atoms with Crippen LogP contribution in [0.4, 0.5) is 0 Å². The third kappa shape index (κ3) is 37.3. The number of hydrogen-bond acceptors (Lipinski definition) is 6. The van der Waals surface area contributed by atoms with Gasteiger partial charge in [0.2, 0.25) is 0 Å². The highest BCUT2D eigenvalue weighted by atomic mass is 16.6. The van der Waals surface area contributed by atoms with Gasteiger partial charge in [-0.25, -0.2) is 4.79 Å². The maximum absolute atomic E-state index is 13.5. The highest BCUT2D eigenvalue weighted by molar-refractivity contribution is 5.88. The van der Waals surface area contributed by atoms with Crippen molar-refractivity contribution in [1.29, 1.82) is 0 Å². The minimum absolute atomic E-state index is 0.0655. The average Bonchev–Trinajstić information content (AvgIpc) is 3.20. The fraction of sp³-hybridized carbons (Fsp3) is 0.941. The van der Waals surface area contributed by atoms with Crippen LogP contribution in [0.1, 0.15) is 297 Å². The minimum atomic E-state index is -1.01. The van der Waals surface area contributed by atoms with Gasteiger partial charge in [0.05, 0.1) is 0 Å². The molecule has 0 aliphatic heterocycles. The number of unbranched alkanes of at least 4 members (excludes halogenated alkanes) is 32. The topological polar surface area (TPSA) is 95.7 Å². The van der Waals surface area contributed by atoms with Gasteiger partial charge in [0, 0.05) is 12.8 Å². The van der Waals surface area contributed by atoms with Gasteiger partial charge in [-0.15, -0.1) is 0 Å². The first kappa shape index (κ1) is 55.6. The number of rotatable bonds is 45. The van der Waals surface area contributed by atoms with Crippen molar-refractivity contribution >= 4 is 17.9 Å². The van der Waals surface area contributed by atoms with E-state index < -0.39 is 23.6 Å². The number of carbonyl (C=O) groups excluding carboxylic acids is 3. The first-order valence-electron chi connectivity index (χ1n) is 25.6. The Morgan fingerprint density at radius 1 is 0.386 bits per heavy atom. The Hall–Kier alpha value is -1.43. The van der Waals surface area contributed by atoms with Gasteiger partial charge in [-0.2, -0.15) is 0 Å². The van der Waals surface area contributed by atoms with E-state index in [0.29, 0.717) is 0 Å². The lowest BCUT2D eigenvalue weighted by molar-refractivity contribution is -0.163. The first-order valence-corrected chi connectivity index (χ1v) is 25.6. The molecule has 0 radical (unpaired) electrons. The Morgan fingerprint density at radius 3 is 0.982 bits per heavy atom. The molecule has 57 heavy (non-hydrogen) atoms. The number of hydrogen-bond donors (Lipinski definition) is 1. The summed E-state index contributed by atoms with van der Waals surface area (Å²) in [5, 5.41) is 0. The van der Waals surface area contributed by atoms with E-state index >= 15 is 0 Å². The lowest BCUT2D eigenvalue weighted by atomic mass is 9.84. The molecule has 0 bridgehead atoms. The molecule has 0 aliphatic carbocycles. The highest BCUT2D eigenvalue weighted by Crippen LogP contribution is 2.34. The van der Waals surface area contributed by atoms with Crippen LogP contribution in [0.25, 0.3) is 0 Å². The molecule has 338 valence electrons. The van der Waals surface area contributed by atoms with E-state index in [9.17, 15) is 14.4 Å². The molecular formula is C51H99NO5. The van der Waals surface area contributed by atoms with Crippen molar-refractivity contribution in [2.45, 2.75) is 309 Å². The molecule has 6 heteroatoms. The lowest BCUT2D eigenvalue weighted by Crippen LogP contribution is -2.37. The molecule has 0 aromatic carbocycles. The van der Waals surface area contributed by atoms with Crippen molar-refractivity contribution in [1.82, 2.24) is 0 Å². The van der Waals surface area contributed by atoms with Gasteiger partial charge in [0.25, 0.3) is 0 Å². The Kier molecular flexibility index (Phi) is 41.6. The monoisotopic (exact) mass is 806 g/mol. The molecule has 1 atom stereocenters. The predicted octanol–water partition coefficient (Wildman–Crippen LogP) is 16.1. The number of nitrogens with two attached hydrogens (primary N) is 1. The SMILES string of the molecule is CCCCCCCCCCCCCCCCCC(=O)OC(=O)[C@@H](N)CCC(=O)OC(CCCCCCCC)(CCCCCCCC)CCCCCCCCCCC. The van der Waals surface area contributed by atoms with Gasteiger partial charge in [0.1, 0.15) is 11.6 Å². The standard InChI is InChI=1S/C51H99NO5/c1-5-9-13-17-21-23-24-25-26-27-28-29-31-33-37-41-48(53)56-50(55)47(52)42-43-49(54)57-51(44-38-34-19-15-11-7-3,45-39-35-20-16-12-8-4)46-40-36-32-30-22-18-14-10-6-2/h47H,5-46,52H2,1-4H3/t47-/m0/s1. The molecule has 0 heterocycles. The van der Waals surface area contributed by atoms with Gasteiger partial charge in [-0.1, -0.05) is 233 Å². The smallest absolute Gasteiger partial charge is 0.330 e. The molecule has 0 saturated carbocycles. The second-order valence-electron chi connectivity index (χ2n) is 17.9. The number of ether oxygens (including phenoxy) is 2. The van der Waals surface area contributed by atoms with Crippen molar-refractivity contribution in [2.75, 3.05) is 0 Å². The summed E-state index contributed by atoms with van der Waals surface area (Å²) in [7, 11) is 0. The second-order valence-corrected chi connectivity index (χ2v) is 17.9. The third-order valence-corrected chi connectivity index (χ3v) is 12.2. The summed E-state index contributed by atoms with van der Waals surface area (Å²) >= 11 is 0. The van der Waals surface area contributed by atoms with Gasteiger partial charge >= 0.3 is 17.9 Å². The molecule has 0 saturated heterocycles. The summed E-state index contributed by atoms with van der Waals surface area (Å²) in [6.45, 7) is 9.04. The normalized spacial score (nSPS) is 12.2. The Bertz CT molecular complexity index is 875. The first-order chi connectivity index (χ1) is 27.8. The Morgan fingerprint density at radius 2 is 0.667 bits per heavy atom. The predicted molar refractivity (Wildman–Crippen MR) is 245 cm³/mol. The van der Waals surface area contributed by atoms with Crippen molar-refractivity contribution in [3.8, 4) is 0 Å². The summed E-state index contributed by atoms with van der Waals surface area (Å²) in [6.07, 6.45) is 48.1. The van der Waals surface area contributed by atoms with Crippen LogP contribution in [0, 0.1) is 0 Å². The minimum Gasteiger partial charge on any atom is -0.459 e. The average molecular weight is 806 g/mol. The quantitative estimate of drug-likeness (QED) is 0.0374. The van der Waals surface area contributed by atoms with Crippen LogP contribution in [0.5, 0.6) is 0 Å². The summed E-state index contributed by atoms with van der Waals surface area (Å²) in [4.78, 5) is 38.6. The summed E-state index contributed by atoms with van der Waals surface area (Å²) in [5.74, 6) is -1.50. The van der Waals surface area contributed by atoms with Crippen LogP contribution >= 0.6 is 0 Å². The van der Waals surface area contributed by atoms with Crippen molar-refractivity contribution in [2.24, 2.45) is 5.73 Å². The molecule has 0 aliphatic rings. The van der Waals surface area contributed by atoms with E-state index in [0.717, 1.165) is 57.8 Å². The maximum atomic E-state index is 13.5. The largest absolute Gasteiger partial charge is 0.459 e. The summed E-state index contributed by atoms with van der Waals surface area (Å²) in [5.41, 5.74) is 5.73. The van der Waals surface area contributed by atoms with Crippen molar-refractivity contribution < 1.29 is 23.9 Å². The van der Waals surface area contributed by atoms with Crippen molar-refractivity contribution in [3.05, 3.63) is 0 Å². The zero-order valence-electron chi connectivity index (χ0n) is 38.9. The zero-order chi connectivity index (χ0) is 41.9. The molecule has 0 amide bonds. The van der Waals surface area contributed by atoms with E-state index in [4.69, 9.17) is 15.2 Å². The van der Waals surface area contributed by atoms with E-state index in [1.165, 1.54) is 193 Å². The fourth-order valence-corrected chi connectivity index (χ4v) is 8.30. The molecule has 0 aromatic heterocycles. The molecule has 0 spiro atoms. The molecule has 0 rings (SSSR count). The Labute approximate surface area is 355 Å². The molecule has 6 nitrogen and oxygen atoms in total. The lowest BCUT2D eigenvalue weighted by Gasteiger charge is -2.34. The second kappa shape index (κ2) is 42.7. The fourth-order valence-electron chi connectivity index (χ4n) is 8.30.